The van der Waals surface area contributed by atoms with E-state index < -0.39 is 5.97 Å². The number of fused-ring (bicyclic) bond motifs is 1. The number of carbonyl (C=O) groups excluding carboxylic acids is 1. The molecule has 1 aliphatic heterocycles. The standard InChI is InChI=1S/C15H16N4O6/c1-23-11-4-9(5-12-14(11)25-3-2-24-12)15(22)16-6-10-7-19(18-17-10)8-13(20)21/h4-5,7H,2-3,6,8H2,1H3,(H,16,22)(H,20,21). The van der Waals surface area contributed by atoms with Crippen molar-refractivity contribution in [2.45, 2.75) is 13.1 Å². The topological polar surface area (TPSA) is 125 Å². The van der Waals surface area contributed by atoms with Gasteiger partial charge in [0, 0.05) is 5.56 Å². The predicted octanol–water partition coefficient (Wildman–Crippen LogP) is 0.0725. The lowest BCUT2D eigenvalue weighted by Crippen LogP contribution is -2.24. The number of carboxylic acid groups (broad SMARTS) is 1. The van der Waals surface area contributed by atoms with Gasteiger partial charge < -0.3 is 24.6 Å². The van der Waals surface area contributed by atoms with Gasteiger partial charge in [0.15, 0.2) is 11.5 Å². The van der Waals surface area contributed by atoms with Crippen LogP contribution in [0.2, 0.25) is 0 Å². The maximum atomic E-state index is 12.3. The molecule has 1 aromatic heterocycles. The Bertz CT molecular complexity index is 786. The van der Waals surface area contributed by atoms with Gasteiger partial charge in [0.25, 0.3) is 5.91 Å². The highest BCUT2D eigenvalue weighted by Crippen LogP contribution is 2.40. The summed E-state index contributed by atoms with van der Waals surface area (Å²) in [6.45, 7) is 0.629. The van der Waals surface area contributed by atoms with Crippen molar-refractivity contribution in [3.05, 3.63) is 29.6 Å². The molecule has 0 atom stereocenters. The first kappa shape index (κ1) is 16.6. The smallest absolute Gasteiger partial charge is 0.325 e. The third-order valence-electron chi connectivity index (χ3n) is 3.40. The van der Waals surface area contributed by atoms with Gasteiger partial charge in [-0.2, -0.15) is 0 Å². The summed E-state index contributed by atoms with van der Waals surface area (Å²) in [6.07, 6.45) is 1.46. The van der Waals surface area contributed by atoms with E-state index in [-0.39, 0.29) is 19.0 Å². The number of carboxylic acids is 1. The molecule has 1 amide bonds. The van der Waals surface area contributed by atoms with Gasteiger partial charge in [-0.25, -0.2) is 4.68 Å². The number of hydrogen-bond acceptors (Lipinski definition) is 7. The minimum Gasteiger partial charge on any atom is -0.493 e. The van der Waals surface area contributed by atoms with Gasteiger partial charge in [-0.1, -0.05) is 5.21 Å². The number of hydrogen-bond donors (Lipinski definition) is 2. The fraction of sp³-hybridized carbons (Fsp3) is 0.333. The Morgan fingerprint density at radius 2 is 2.16 bits per heavy atom. The summed E-state index contributed by atoms with van der Waals surface area (Å²) in [7, 11) is 1.48. The van der Waals surface area contributed by atoms with E-state index in [2.05, 4.69) is 15.6 Å². The Balaban J connectivity index is 1.69. The quantitative estimate of drug-likeness (QED) is 0.751. The largest absolute Gasteiger partial charge is 0.493 e. The van der Waals surface area contributed by atoms with Crippen LogP contribution in [-0.2, 0) is 17.9 Å². The van der Waals surface area contributed by atoms with Crippen LogP contribution in [0, 0.1) is 0 Å². The average molecular weight is 348 g/mol. The van der Waals surface area contributed by atoms with Gasteiger partial charge in [-0.05, 0) is 12.1 Å². The highest BCUT2D eigenvalue weighted by molar-refractivity contribution is 5.95. The maximum Gasteiger partial charge on any atom is 0.325 e. The first-order valence-electron chi connectivity index (χ1n) is 7.43. The minimum absolute atomic E-state index is 0.106. The third-order valence-corrected chi connectivity index (χ3v) is 3.40. The molecular formula is C15H16N4O6. The molecule has 0 saturated heterocycles. The van der Waals surface area contributed by atoms with E-state index >= 15 is 0 Å². The molecule has 0 unspecified atom stereocenters. The number of nitrogens with zero attached hydrogens (tertiary/aromatic N) is 3. The molecule has 10 heteroatoms. The van der Waals surface area contributed by atoms with E-state index in [0.717, 1.165) is 0 Å². The van der Waals surface area contributed by atoms with E-state index in [1.807, 2.05) is 0 Å². The Labute approximate surface area is 142 Å². The van der Waals surface area contributed by atoms with E-state index in [9.17, 15) is 9.59 Å². The van der Waals surface area contributed by atoms with Gasteiger partial charge in [-0.3, -0.25) is 9.59 Å². The second-order valence-corrected chi connectivity index (χ2v) is 5.19. The Kier molecular flexibility index (Phi) is 4.68. The zero-order valence-corrected chi connectivity index (χ0v) is 13.4. The summed E-state index contributed by atoms with van der Waals surface area (Å²) >= 11 is 0. The molecule has 2 N–H and O–H groups in total. The van der Waals surface area contributed by atoms with Crippen LogP contribution in [0.3, 0.4) is 0 Å². The molecule has 2 aromatic rings. The normalized spacial score (nSPS) is 12.5. The number of methoxy groups -OCH3 is 1. The summed E-state index contributed by atoms with van der Waals surface area (Å²) in [5.74, 6) is -0.0493. The van der Waals surface area contributed by atoms with Crippen LogP contribution in [0.5, 0.6) is 17.2 Å². The molecule has 0 saturated carbocycles. The van der Waals surface area contributed by atoms with E-state index in [4.69, 9.17) is 19.3 Å². The molecule has 1 aromatic carbocycles. The molecule has 3 rings (SSSR count). The third kappa shape index (κ3) is 3.79. The highest BCUT2D eigenvalue weighted by atomic mass is 16.6. The molecule has 0 aliphatic carbocycles. The highest BCUT2D eigenvalue weighted by Gasteiger charge is 2.21. The number of aromatic nitrogens is 3. The van der Waals surface area contributed by atoms with Crippen LogP contribution in [0.15, 0.2) is 18.3 Å². The fourth-order valence-electron chi connectivity index (χ4n) is 2.31. The van der Waals surface area contributed by atoms with E-state index in [1.165, 1.54) is 18.0 Å². The Hall–Kier alpha value is -3.30. The molecule has 0 spiro atoms. The van der Waals surface area contributed by atoms with Crippen LogP contribution < -0.4 is 19.5 Å². The van der Waals surface area contributed by atoms with Crippen molar-refractivity contribution in [3.8, 4) is 17.2 Å². The molecule has 25 heavy (non-hydrogen) atoms. The first-order valence-corrected chi connectivity index (χ1v) is 7.43. The summed E-state index contributed by atoms with van der Waals surface area (Å²) in [5.41, 5.74) is 0.790. The van der Waals surface area contributed by atoms with Crippen LogP contribution in [-0.4, -0.2) is 52.3 Å². The zero-order chi connectivity index (χ0) is 17.8. The molecule has 1 aliphatic rings. The molecule has 0 bridgehead atoms. The number of carbonyl (C=O) groups is 2. The van der Waals surface area contributed by atoms with Crippen molar-refractivity contribution in [2.75, 3.05) is 20.3 Å². The Morgan fingerprint density at radius 1 is 1.36 bits per heavy atom. The lowest BCUT2D eigenvalue weighted by molar-refractivity contribution is -0.137. The van der Waals surface area contributed by atoms with Crippen molar-refractivity contribution in [1.29, 1.82) is 0 Å². The zero-order valence-electron chi connectivity index (χ0n) is 13.4. The lowest BCUT2D eigenvalue weighted by atomic mass is 10.1. The summed E-state index contributed by atoms with van der Waals surface area (Å²) in [6, 6.07) is 3.14. The maximum absolute atomic E-state index is 12.3. The minimum atomic E-state index is -1.02. The summed E-state index contributed by atoms with van der Waals surface area (Å²) in [5, 5.41) is 18.9. The van der Waals surface area contributed by atoms with Crippen LogP contribution in [0.1, 0.15) is 16.1 Å². The molecule has 132 valence electrons. The SMILES string of the molecule is COc1cc(C(=O)NCc2cn(CC(=O)O)nn2)cc2c1OCCO2. The molecular weight excluding hydrogens is 332 g/mol. The second-order valence-electron chi connectivity index (χ2n) is 5.19. The van der Waals surface area contributed by atoms with Gasteiger partial charge in [0.2, 0.25) is 5.75 Å². The van der Waals surface area contributed by atoms with Gasteiger partial charge in [-0.15, -0.1) is 5.10 Å². The molecule has 0 fully saturated rings. The molecule has 2 heterocycles. The van der Waals surface area contributed by atoms with Crippen molar-refractivity contribution in [2.24, 2.45) is 0 Å². The lowest BCUT2D eigenvalue weighted by Gasteiger charge is -2.21. The fourth-order valence-corrected chi connectivity index (χ4v) is 2.31. The average Bonchev–Trinajstić information content (AvgIpc) is 3.05. The van der Waals surface area contributed by atoms with Crippen molar-refractivity contribution >= 4 is 11.9 Å². The van der Waals surface area contributed by atoms with Crippen molar-refractivity contribution < 1.29 is 28.9 Å². The molecule has 0 radical (unpaired) electrons. The number of benzene rings is 1. The number of ether oxygens (including phenoxy) is 3. The van der Waals surface area contributed by atoms with Gasteiger partial charge >= 0.3 is 5.97 Å². The van der Waals surface area contributed by atoms with Crippen LogP contribution in [0.25, 0.3) is 0 Å². The number of nitrogens with one attached hydrogen (secondary N) is 1. The van der Waals surface area contributed by atoms with Crippen LogP contribution >= 0.6 is 0 Å². The summed E-state index contributed by atoms with van der Waals surface area (Å²) in [4.78, 5) is 23.0. The second kappa shape index (κ2) is 7.07. The summed E-state index contributed by atoms with van der Waals surface area (Å²) < 4.78 is 17.4. The monoisotopic (exact) mass is 348 g/mol. The number of aliphatic carboxylic acids is 1. The first-order chi connectivity index (χ1) is 12.1. The van der Waals surface area contributed by atoms with Crippen molar-refractivity contribution in [3.63, 3.8) is 0 Å². The van der Waals surface area contributed by atoms with Gasteiger partial charge in [0.05, 0.1) is 19.9 Å². The van der Waals surface area contributed by atoms with E-state index in [0.29, 0.717) is 41.7 Å². The van der Waals surface area contributed by atoms with E-state index in [1.54, 1.807) is 12.1 Å². The molecule has 10 nitrogen and oxygen atoms in total. The number of amides is 1. The number of rotatable bonds is 6. The predicted molar refractivity (Wildman–Crippen MR) is 82.8 cm³/mol. The van der Waals surface area contributed by atoms with Crippen LogP contribution in [0.4, 0.5) is 0 Å². The Morgan fingerprint density at radius 3 is 2.92 bits per heavy atom. The van der Waals surface area contributed by atoms with Crippen molar-refractivity contribution in [1.82, 2.24) is 20.3 Å². The van der Waals surface area contributed by atoms with Gasteiger partial charge in [0.1, 0.15) is 25.5 Å².